The van der Waals surface area contributed by atoms with Crippen molar-refractivity contribution < 1.29 is 71.8 Å². The van der Waals surface area contributed by atoms with Crippen molar-refractivity contribution in [1.29, 1.82) is 0 Å². The predicted octanol–water partition coefficient (Wildman–Crippen LogP) is 10.2. The molecular weight excluding hydrogens is 902 g/mol. The number of unbranched alkanes of at least 4 members (excludes halogenated alkanes) is 3. The Hall–Kier alpha value is -3.82. The van der Waals surface area contributed by atoms with Gasteiger partial charge in [0.25, 0.3) is 0 Å². The number of ether oxygens (including phenoxy) is 2. The number of phosphoric acid groups is 2. The van der Waals surface area contributed by atoms with Crippen molar-refractivity contribution in [1.82, 2.24) is 0 Å². The van der Waals surface area contributed by atoms with Crippen LogP contribution in [0.5, 0.6) is 0 Å². The van der Waals surface area contributed by atoms with Gasteiger partial charge in [0, 0.05) is 12.8 Å². The molecule has 15 nitrogen and oxygen atoms in total. The fourth-order valence-corrected chi connectivity index (χ4v) is 6.38. The number of rotatable bonds is 41. The highest BCUT2D eigenvalue weighted by atomic mass is 31.2. The monoisotopic (exact) mass is 980 g/mol. The number of aliphatic hydroxyl groups excluding tert-OH is 3. The molecule has 0 radical (unpaired) electrons. The second-order valence-electron chi connectivity index (χ2n) is 15.0. The van der Waals surface area contributed by atoms with Gasteiger partial charge in [-0.3, -0.25) is 23.2 Å². The zero-order valence-electron chi connectivity index (χ0n) is 39.4. The SMILES string of the molecule is CC/C=C\C/C=C\C/C=C\C/C=C\C/C=C\CCCCCC(=O)OC[C@H](COP(=O)(O)OC[C@@H](O)COP(=O)(O)O)OC(=O)CC/C=C\C/C=C\C[C@@H](O)/C=C/C=C\C=C\[C@@H](O)C/C=C\CC. The number of allylic oxidation sites excluding steroid dienone is 18. The molecule has 0 amide bonds. The average Bonchev–Trinajstić information content (AvgIpc) is 3.28. The van der Waals surface area contributed by atoms with Gasteiger partial charge in [-0.25, -0.2) is 9.13 Å². The first-order chi connectivity index (χ1) is 32.2. The van der Waals surface area contributed by atoms with Gasteiger partial charge < -0.3 is 39.5 Å². The summed E-state index contributed by atoms with van der Waals surface area (Å²) in [5, 5.41) is 29.8. The summed E-state index contributed by atoms with van der Waals surface area (Å²) in [4.78, 5) is 52.8. The summed E-state index contributed by atoms with van der Waals surface area (Å²) < 4.78 is 47.7. The van der Waals surface area contributed by atoms with Crippen molar-refractivity contribution in [3.63, 3.8) is 0 Å². The van der Waals surface area contributed by atoms with E-state index in [1.165, 1.54) is 0 Å². The Morgan fingerprint density at radius 2 is 0.955 bits per heavy atom. The maximum absolute atomic E-state index is 12.7. The molecule has 0 spiro atoms. The molecule has 0 aromatic heterocycles. The molecule has 0 bridgehead atoms. The summed E-state index contributed by atoms with van der Waals surface area (Å²) in [6.45, 7) is 1.19. The second kappa shape index (κ2) is 43.5. The molecule has 378 valence electrons. The zero-order valence-corrected chi connectivity index (χ0v) is 41.2. The summed E-state index contributed by atoms with van der Waals surface area (Å²) in [5.41, 5.74) is 0. The Balaban J connectivity index is 4.80. The van der Waals surface area contributed by atoms with Crippen LogP contribution in [0, 0.1) is 0 Å². The molecule has 0 rings (SSSR count). The topological polar surface area (TPSA) is 236 Å². The third-order valence-electron chi connectivity index (χ3n) is 8.70. The molecule has 67 heavy (non-hydrogen) atoms. The lowest BCUT2D eigenvalue weighted by Gasteiger charge is -2.20. The van der Waals surface area contributed by atoms with E-state index in [4.69, 9.17) is 23.8 Å². The van der Waals surface area contributed by atoms with Gasteiger partial charge in [-0.1, -0.05) is 154 Å². The van der Waals surface area contributed by atoms with Gasteiger partial charge in [-0.2, -0.15) is 0 Å². The fraction of sp³-hybridized carbons (Fsp3) is 0.520. The molecule has 0 heterocycles. The lowest BCUT2D eigenvalue weighted by molar-refractivity contribution is -0.161. The van der Waals surface area contributed by atoms with E-state index in [0.29, 0.717) is 32.1 Å². The van der Waals surface area contributed by atoms with Crippen LogP contribution in [-0.4, -0.2) is 92.8 Å². The van der Waals surface area contributed by atoms with Gasteiger partial charge in [0.15, 0.2) is 6.10 Å². The normalized spacial score (nSPS) is 16.0. The Morgan fingerprint density at radius 1 is 0.493 bits per heavy atom. The molecule has 0 aromatic carbocycles. The summed E-state index contributed by atoms with van der Waals surface area (Å²) in [6.07, 6.45) is 49.4. The Bertz CT molecular complexity index is 1720. The van der Waals surface area contributed by atoms with Crippen LogP contribution in [0.3, 0.4) is 0 Å². The number of carbonyl (C=O) groups is 2. The maximum atomic E-state index is 12.7. The molecular formula is C50H78O15P2. The van der Waals surface area contributed by atoms with Gasteiger partial charge in [0.05, 0.1) is 32.0 Å². The molecule has 6 N–H and O–H groups in total. The van der Waals surface area contributed by atoms with Crippen LogP contribution in [-0.2, 0) is 41.8 Å². The van der Waals surface area contributed by atoms with Crippen LogP contribution >= 0.6 is 15.6 Å². The lowest BCUT2D eigenvalue weighted by Crippen LogP contribution is -2.29. The molecule has 0 saturated heterocycles. The van der Waals surface area contributed by atoms with E-state index < -0.39 is 78.4 Å². The van der Waals surface area contributed by atoms with E-state index in [1.54, 1.807) is 42.5 Å². The zero-order chi connectivity index (χ0) is 49.7. The first-order valence-electron chi connectivity index (χ1n) is 23.1. The number of esters is 2. The Kier molecular flexibility index (Phi) is 41.0. The molecule has 5 atom stereocenters. The van der Waals surface area contributed by atoms with E-state index in [0.717, 1.165) is 57.8 Å². The molecule has 17 heteroatoms. The van der Waals surface area contributed by atoms with Crippen LogP contribution in [0.15, 0.2) is 134 Å². The number of phosphoric ester groups is 2. The third-order valence-corrected chi connectivity index (χ3v) is 10.1. The van der Waals surface area contributed by atoms with Gasteiger partial charge in [0.2, 0.25) is 0 Å². The number of aliphatic hydroxyl groups is 3. The molecule has 0 aliphatic carbocycles. The molecule has 0 saturated carbocycles. The van der Waals surface area contributed by atoms with Gasteiger partial charge in [0.1, 0.15) is 12.7 Å². The van der Waals surface area contributed by atoms with Crippen LogP contribution in [0.25, 0.3) is 0 Å². The van der Waals surface area contributed by atoms with E-state index in [1.807, 2.05) is 37.3 Å². The van der Waals surface area contributed by atoms with E-state index in [9.17, 15) is 38.9 Å². The smallest absolute Gasteiger partial charge is 0.462 e. The van der Waals surface area contributed by atoms with Crippen LogP contribution in [0.4, 0.5) is 0 Å². The highest BCUT2D eigenvalue weighted by Crippen LogP contribution is 2.43. The summed E-state index contributed by atoms with van der Waals surface area (Å²) >= 11 is 0. The minimum Gasteiger partial charge on any atom is -0.462 e. The maximum Gasteiger partial charge on any atom is 0.472 e. The molecule has 1 unspecified atom stereocenters. The quantitative estimate of drug-likeness (QED) is 0.0110. The highest BCUT2D eigenvalue weighted by Gasteiger charge is 2.28. The van der Waals surface area contributed by atoms with Gasteiger partial charge in [-0.15, -0.1) is 0 Å². The van der Waals surface area contributed by atoms with Crippen molar-refractivity contribution in [2.24, 2.45) is 0 Å². The van der Waals surface area contributed by atoms with E-state index in [2.05, 4.69) is 76.7 Å². The Labute approximate surface area is 399 Å². The lowest BCUT2D eigenvalue weighted by atomic mass is 10.1. The van der Waals surface area contributed by atoms with Gasteiger partial charge >= 0.3 is 27.6 Å². The van der Waals surface area contributed by atoms with Gasteiger partial charge in [-0.05, 0) is 83.5 Å². The third kappa shape index (κ3) is 47.1. The predicted molar refractivity (Wildman–Crippen MR) is 264 cm³/mol. The molecule has 0 fully saturated rings. The number of hydrogen-bond donors (Lipinski definition) is 6. The minimum atomic E-state index is -4.90. The van der Waals surface area contributed by atoms with Crippen LogP contribution < -0.4 is 0 Å². The van der Waals surface area contributed by atoms with Crippen molar-refractivity contribution in [3.8, 4) is 0 Å². The largest absolute Gasteiger partial charge is 0.472 e. The molecule has 0 aliphatic rings. The van der Waals surface area contributed by atoms with E-state index in [-0.39, 0.29) is 12.8 Å². The van der Waals surface area contributed by atoms with Crippen molar-refractivity contribution in [3.05, 3.63) is 134 Å². The summed E-state index contributed by atoms with van der Waals surface area (Å²) in [7, 11) is -9.78. The first kappa shape index (κ1) is 63.2. The van der Waals surface area contributed by atoms with Crippen molar-refractivity contribution in [2.75, 3.05) is 26.4 Å². The fourth-order valence-electron chi connectivity index (χ4n) is 5.22. The van der Waals surface area contributed by atoms with Crippen molar-refractivity contribution >= 4 is 27.6 Å². The highest BCUT2D eigenvalue weighted by molar-refractivity contribution is 7.47. The second-order valence-corrected chi connectivity index (χ2v) is 17.7. The summed E-state index contributed by atoms with van der Waals surface area (Å²) in [6, 6.07) is 0. The molecule has 0 aromatic rings. The number of hydrogen-bond acceptors (Lipinski definition) is 12. The van der Waals surface area contributed by atoms with Crippen LogP contribution in [0.1, 0.15) is 117 Å². The van der Waals surface area contributed by atoms with Crippen molar-refractivity contribution in [2.45, 2.75) is 141 Å². The van der Waals surface area contributed by atoms with E-state index >= 15 is 0 Å². The minimum absolute atomic E-state index is 0.0668. The van der Waals surface area contributed by atoms with Crippen LogP contribution in [0.2, 0.25) is 0 Å². The number of carbonyl (C=O) groups excluding carboxylic acids is 2. The summed E-state index contributed by atoms with van der Waals surface area (Å²) in [5.74, 6) is -1.25. The Morgan fingerprint density at radius 3 is 1.51 bits per heavy atom. The molecule has 0 aliphatic heterocycles. The average molecular weight is 981 g/mol. The standard InChI is InChI=1S/C50H78O15P2/c1-3-5-7-8-9-10-11-12-13-14-15-16-17-18-19-20-21-25-33-39-49(54)61-43-48(44-64-67(59,60)63-42-47(53)41-62-66(56,57)58)65-50(55)40-34-26-23-22-24-30-36-46(52)38-32-28-27-31-37-45(51)35-29-6-4-2/h5-7,9-10,12-13,15-16,18-19,23-24,26-32,37-38,45-48,51-53H,3-4,8,11,14,17,20-22,25,33-36,39-44H2,1-2H3,(H,59,60)(H2,56,57,58)/b7-5-,10-9-,13-12-,16-15-,19-18-,26-23-,28-27-,29-6-,30-24-,37-31+,38-32+/t45-,46+,47-,48+/m0/s1. The first-order valence-corrected chi connectivity index (χ1v) is 26.1.